The van der Waals surface area contributed by atoms with Crippen molar-refractivity contribution >= 4 is 18.3 Å². The van der Waals surface area contributed by atoms with Crippen LogP contribution in [0.15, 0.2) is 54.6 Å². The van der Waals surface area contributed by atoms with Gasteiger partial charge in [-0.1, -0.05) is 42.5 Å². The van der Waals surface area contributed by atoms with Gasteiger partial charge in [0.2, 0.25) is 0 Å². The summed E-state index contributed by atoms with van der Waals surface area (Å²) in [6.45, 7) is 4.03. The first-order chi connectivity index (χ1) is 11.8. The first-order valence-electron chi connectivity index (χ1n) is 8.97. The van der Waals surface area contributed by atoms with Gasteiger partial charge < -0.3 is 10.2 Å². The van der Waals surface area contributed by atoms with Crippen molar-refractivity contribution in [2.24, 2.45) is 11.8 Å². The highest BCUT2D eigenvalue weighted by Crippen LogP contribution is 2.28. The van der Waals surface area contributed by atoms with Gasteiger partial charge in [0.15, 0.2) is 0 Å². The molecule has 0 aliphatic carbocycles. The summed E-state index contributed by atoms with van der Waals surface area (Å²) in [5, 5.41) is 3.49. The molecule has 0 radical (unpaired) electrons. The number of likely N-dealkylation sites (tertiary alicyclic amines) is 1. The number of rotatable bonds is 2. The Hall–Kier alpha value is -1.84. The molecule has 2 atom stereocenters. The average Bonchev–Trinajstić information content (AvgIpc) is 3.00. The number of hydrogen-bond acceptors (Lipinski definition) is 2. The Bertz CT molecular complexity index is 688. The van der Waals surface area contributed by atoms with Gasteiger partial charge in [0.1, 0.15) is 0 Å². The lowest BCUT2D eigenvalue weighted by Gasteiger charge is -2.21. The number of fused-ring (bicyclic) bond motifs is 1. The molecule has 2 aliphatic rings. The highest BCUT2D eigenvalue weighted by molar-refractivity contribution is 5.94. The molecule has 25 heavy (non-hydrogen) atoms. The maximum atomic E-state index is 12.8. The number of benzene rings is 2. The zero-order valence-corrected chi connectivity index (χ0v) is 15.2. The molecule has 0 unspecified atom stereocenters. The van der Waals surface area contributed by atoms with Gasteiger partial charge in [-0.25, -0.2) is 0 Å². The predicted octanol–water partition coefficient (Wildman–Crippen LogP) is 3.85. The van der Waals surface area contributed by atoms with E-state index in [4.69, 9.17) is 0 Å². The molecule has 2 saturated heterocycles. The summed E-state index contributed by atoms with van der Waals surface area (Å²) < 4.78 is 0. The molecule has 1 N–H and O–H groups in total. The molecule has 1 amide bonds. The Labute approximate surface area is 155 Å². The molecule has 2 fully saturated rings. The van der Waals surface area contributed by atoms with Crippen molar-refractivity contribution in [3.05, 3.63) is 60.2 Å². The van der Waals surface area contributed by atoms with E-state index in [0.29, 0.717) is 0 Å². The van der Waals surface area contributed by atoms with Crippen LogP contribution in [0, 0.1) is 11.8 Å². The summed E-state index contributed by atoms with van der Waals surface area (Å²) in [6.07, 6.45) is 2.26. The van der Waals surface area contributed by atoms with Crippen LogP contribution in [0.1, 0.15) is 23.2 Å². The Balaban J connectivity index is 0.00000182. The van der Waals surface area contributed by atoms with Gasteiger partial charge in [-0.2, -0.15) is 0 Å². The molecule has 2 aromatic rings. The zero-order chi connectivity index (χ0) is 16.4. The van der Waals surface area contributed by atoms with E-state index < -0.39 is 0 Å². The van der Waals surface area contributed by atoms with Crippen LogP contribution in [0.3, 0.4) is 0 Å². The van der Waals surface area contributed by atoms with Gasteiger partial charge >= 0.3 is 0 Å². The largest absolute Gasteiger partial charge is 0.339 e. The minimum atomic E-state index is 0. The number of hydrogen-bond donors (Lipinski definition) is 1. The SMILES string of the molecule is Cl.O=C(c1ccc(-c2ccccc2)cc1)N1CC[C@@H]2CNC[C@@H]2CC1. The van der Waals surface area contributed by atoms with Crippen LogP contribution < -0.4 is 5.32 Å². The maximum Gasteiger partial charge on any atom is 0.253 e. The van der Waals surface area contributed by atoms with Gasteiger partial charge in [-0.3, -0.25) is 4.79 Å². The minimum Gasteiger partial charge on any atom is -0.339 e. The molecular weight excluding hydrogens is 332 g/mol. The van der Waals surface area contributed by atoms with Crippen LogP contribution in [0.4, 0.5) is 0 Å². The fourth-order valence-corrected chi connectivity index (χ4v) is 4.04. The molecule has 0 spiro atoms. The maximum absolute atomic E-state index is 12.8. The quantitative estimate of drug-likeness (QED) is 0.886. The van der Waals surface area contributed by atoms with E-state index in [9.17, 15) is 4.79 Å². The third-order valence-corrected chi connectivity index (χ3v) is 5.55. The van der Waals surface area contributed by atoms with Crippen molar-refractivity contribution in [1.82, 2.24) is 10.2 Å². The third-order valence-electron chi connectivity index (χ3n) is 5.55. The fourth-order valence-electron chi connectivity index (χ4n) is 4.04. The molecule has 0 aromatic heterocycles. The highest BCUT2D eigenvalue weighted by atomic mass is 35.5. The molecule has 132 valence electrons. The van der Waals surface area contributed by atoms with E-state index in [1.165, 1.54) is 5.56 Å². The van der Waals surface area contributed by atoms with Crippen LogP contribution in [-0.4, -0.2) is 37.0 Å². The summed E-state index contributed by atoms with van der Waals surface area (Å²) in [5.74, 6) is 1.69. The zero-order valence-electron chi connectivity index (χ0n) is 14.4. The summed E-state index contributed by atoms with van der Waals surface area (Å²) in [5.41, 5.74) is 3.15. The van der Waals surface area contributed by atoms with Gasteiger partial charge in [0.25, 0.3) is 5.91 Å². The fraction of sp³-hybridized carbons (Fsp3) is 0.381. The number of nitrogens with zero attached hydrogens (tertiary/aromatic N) is 1. The summed E-state index contributed by atoms with van der Waals surface area (Å²) in [7, 11) is 0. The number of carbonyl (C=O) groups excluding carboxylic acids is 1. The van der Waals surface area contributed by atoms with Crippen molar-refractivity contribution in [2.75, 3.05) is 26.2 Å². The molecule has 2 aliphatic heterocycles. The van der Waals surface area contributed by atoms with Gasteiger partial charge in [0.05, 0.1) is 0 Å². The Morgan fingerprint density at radius 1 is 0.840 bits per heavy atom. The Morgan fingerprint density at radius 3 is 2.00 bits per heavy atom. The lowest BCUT2D eigenvalue weighted by Crippen LogP contribution is -2.32. The number of halogens is 1. The summed E-state index contributed by atoms with van der Waals surface area (Å²) >= 11 is 0. The van der Waals surface area contributed by atoms with Gasteiger partial charge in [-0.05, 0) is 61.0 Å². The number of amides is 1. The smallest absolute Gasteiger partial charge is 0.253 e. The monoisotopic (exact) mass is 356 g/mol. The van der Waals surface area contributed by atoms with Crippen molar-refractivity contribution in [2.45, 2.75) is 12.8 Å². The Morgan fingerprint density at radius 2 is 1.40 bits per heavy atom. The van der Waals surface area contributed by atoms with Crippen LogP contribution in [-0.2, 0) is 0 Å². The lowest BCUT2D eigenvalue weighted by atomic mass is 9.92. The van der Waals surface area contributed by atoms with E-state index in [1.54, 1.807) is 0 Å². The average molecular weight is 357 g/mol. The standard InChI is InChI=1S/C21H24N2O.ClH/c24-21(23-12-10-19-14-22-15-20(19)11-13-23)18-8-6-17(7-9-18)16-4-2-1-3-5-16;/h1-9,19-20,22H,10-15H2;1H/t19-,20+;. The van der Waals surface area contributed by atoms with Crippen molar-refractivity contribution < 1.29 is 4.79 Å². The van der Waals surface area contributed by atoms with Gasteiger partial charge in [0, 0.05) is 18.7 Å². The highest BCUT2D eigenvalue weighted by Gasteiger charge is 2.31. The van der Waals surface area contributed by atoms with Crippen molar-refractivity contribution in [3.8, 4) is 11.1 Å². The predicted molar refractivity (Wildman–Crippen MR) is 104 cm³/mol. The van der Waals surface area contributed by atoms with Crippen LogP contribution in [0.5, 0.6) is 0 Å². The topological polar surface area (TPSA) is 32.3 Å². The first-order valence-corrected chi connectivity index (χ1v) is 8.97. The summed E-state index contributed by atoms with van der Waals surface area (Å²) in [6, 6.07) is 18.3. The van der Waals surface area contributed by atoms with E-state index in [-0.39, 0.29) is 18.3 Å². The van der Waals surface area contributed by atoms with Crippen LogP contribution >= 0.6 is 12.4 Å². The van der Waals surface area contributed by atoms with E-state index >= 15 is 0 Å². The molecule has 0 saturated carbocycles. The van der Waals surface area contributed by atoms with E-state index in [1.807, 2.05) is 30.3 Å². The molecule has 4 heteroatoms. The lowest BCUT2D eigenvalue weighted by molar-refractivity contribution is 0.0758. The second-order valence-electron chi connectivity index (χ2n) is 6.99. The van der Waals surface area contributed by atoms with Gasteiger partial charge in [-0.15, -0.1) is 12.4 Å². The van der Waals surface area contributed by atoms with Crippen LogP contribution in [0.25, 0.3) is 11.1 Å². The van der Waals surface area contributed by atoms with E-state index in [2.05, 4.69) is 34.5 Å². The first kappa shape index (κ1) is 18.0. The molecule has 2 aromatic carbocycles. The molecular formula is C21H25ClN2O. The number of carbonyl (C=O) groups is 1. The van der Waals surface area contributed by atoms with Crippen LogP contribution in [0.2, 0.25) is 0 Å². The molecule has 4 rings (SSSR count). The third kappa shape index (κ3) is 3.88. The number of nitrogens with one attached hydrogen (secondary N) is 1. The summed E-state index contributed by atoms with van der Waals surface area (Å²) in [4.78, 5) is 14.9. The second kappa shape index (κ2) is 8.03. The van der Waals surface area contributed by atoms with Crippen molar-refractivity contribution in [3.63, 3.8) is 0 Å². The Kier molecular flexibility index (Phi) is 5.77. The molecule has 0 bridgehead atoms. The minimum absolute atomic E-state index is 0. The molecule has 2 heterocycles. The normalized spacial score (nSPS) is 22.6. The van der Waals surface area contributed by atoms with Crippen molar-refractivity contribution in [1.29, 1.82) is 0 Å². The molecule has 3 nitrogen and oxygen atoms in total. The van der Waals surface area contributed by atoms with E-state index in [0.717, 1.165) is 62.0 Å². The second-order valence-corrected chi connectivity index (χ2v) is 6.99.